The maximum atomic E-state index is 16.5. The van der Waals surface area contributed by atoms with E-state index in [2.05, 4.69) is 72.2 Å². The fourth-order valence-electron chi connectivity index (χ4n) is 14.9. The number of hydrogen-bond acceptors (Lipinski definition) is 5. The zero-order valence-corrected chi connectivity index (χ0v) is 47.7. The Bertz CT molecular complexity index is 4190. The highest BCUT2D eigenvalue weighted by atomic mass is 32.1. The maximum absolute atomic E-state index is 16.5. The molecule has 2 heterocycles. The smallest absolute Gasteiger partial charge is 0.380 e. The molecule has 2 unspecified atom stereocenters. The van der Waals surface area contributed by atoms with E-state index in [0.717, 1.165) is 98.6 Å². The van der Waals surface area contributed by atoms with Crippen molar-refractivity contribution in [2.45, 2.75) is 87.9 Å². The van der Waals surface area contributed by atoms with Gasteiger partial charge in [0.05, 0.1) is 21.3 Å². The summed E-state index contributed by atoms with van der Waals surface area (Å²) in [4.78, 5) is 1.28. The van der Waals surface area contributed by atoms with E-state index >= 15 is 26.3 Å². The minimum atomic E-state index is -5.71. The zero-order valence-electron chi connectivity index (χ0n) is 46.1. The van der Waals surface area contributed by atoms with Gasteiger partial charge in [-0.15, -0.1) is 11.3 Å². The number of alkyl halides is 6. The molecule has 4 bridgehead atoms. The second kappa shape index (κ2) is 19.7. The van der Waals surface area contributed by atoms with Gasteiger partial charge in [0.25, 0.3) is 0 Å². The molecule has 2 atom stereocenters. The van der Waals surface area contributed by atoms with Crippen molar-refractivity contribution in [1.82, 2.24) is 0 Å². The fourth-order valence-corrected chi connectivity index (χ4v) is 17.3. The van der Waals surface area contributed by atoms with Crippen molar-refractivity contribution in [3.05, 3.63) is 206 Å². The van der Waals surface area contributed by atoms with Crippen LogP contribution in [0.1, 0.15) is 99.0 Å². The number of ether oxygens (including phenoxy) is 3. The summed E-state index contributed by atoms with van der Waals surface area (Å²) in [5, 5.41) is 3.47. The summed E-state index contributed by atoms with van der Waals surface area (Å²) in [5.41, 5.74) is 4.16. The molecular formula is C71H56F6O3S2. The Hall–Kier alpha value is -7.70. The molecule has 4 saturated carbocycles. The van der Waals surface area contributed by atoms with Gasteiger partial charge in [0.1, 0.15) is 11.5 Å². The van der Waals surface area contributed by atoms with Gasteiger partial charge in [-0.1, -0.05) is 144 Å². The summed E-state index contributed by atoms with van der Waals surface area (Å²) >= 11 is 2.12. The van der Waals surface area contributed by atoms with Gasteiger partial charge in [-0.2, -0.15) is 26.3 Å². The lowest BCUT2D eigenvalue weighted by molar-refractivity contribution is -0.254. The van der Waals surface area contributed by atoms with Crippen LogP contribution in [0.4, 0.5) is 26.3 Å². The molecule has 0 saturated heterocycles. The number of rotatable bonds is 9. The fraction of sp³-hybridized carbons (Fsp3) is 0.268. The topological polar surface area (TPSA) is 27.7 Å². The van der Waals surface area contributed by atoms with E-state index in [-0.39, 0.29) is 37.5 Å². The van der Waals surface area contributed by atoms with Crippen LogP contribution in [0.3, 0.4) is 0 Å². The Labute approximate surface area is 481 Å². The van der Waals surface area contributed by atoms with Crippen LogP contribution in [0, 0.1) is 56.3 Å². The number of aryl methyl sites for hydroxylation is 1. The van der Waals surface area contributed by atoms with Crippen LogP contribution >= 0.6 is 22.7 Å². The molecule has 0 aliphatic heterocycles. The van der Waals surface area contributed by atoms with Gasteiger partial charge in [-0.05, 0) is 152 Å². The van der Waals surface area contributed by atoms with E-state index in [4.69, 9.17) is 14.2 Å². The van der Waals surface area contributed by atoms with Crippen LogP contribution in [0.25, 0.3) is 53.6 Å². The van der Waals surface area contributed by atoms with Crippen LogP contribution in [0.2, 0.25) is 0 Å². The van der Waals surface area contributed by atoms with Crippen molar-refractivity contribution in [3.63, 3.8) is 0 Å². The number of allylic oxidation sites excluding steroid dienone is 2. The van der Waals surface area contributed by atoms with Crippen LogP contribution in [-0.4, -0.2) is 39.1 Å². The predicted octanol–water partition coefficient (Wildman–Crippen LogP) is 18.8. The number of halogens is 6. The molecule has 5 aliphatic carbocycles. The predicted molar refractivity (Wildman–Crippen MR) is 319 cm³/mol. The third-order valence-electron chi connectivity index (χ3n) is 18.1. The summed E-state index contributed by atoms with van der Waals surface area (Å²) in [5.74, 6) is 0.331. The number of methoxy groups -OCH3 is 3. The van der Waals surface area contributed by atoms with Crippen LogP contribution in [0.5, 0.6) is 16.6 Å². The standard InChI is InChI=1S/C71H56F6O3S2/c1-41-58(62-63(70(74,75)71(76,77)69(62,72)73)59-42(2)65(82-66(59)80-6)48-17-11-8-12-18-48)43(3)81-64(41)49-27-31-51(32-28-49)68-38-46-35-47(39-68)37-67(36-46,40-68)50-29-23-45(24-30-50)26-34-55-53-20-14-21-56(78-4)60(53)54(33-25-44-15-9-7-10-16-44)52-19-13-22-57(79-5)61(52)55/h7-24,27-32,46-47H,35-40H2,1-6H3. The van der Waals surface area contributed by atoms with Crippen molar-refractivity contribution >= 4 is 55.4 Å². The highest BCUT2D eigenvalue weighted by molar-refractivity contribution is 7.18. The molecule has 5 aliphatic rings. The Morgan fingerprint density at radius 3 is 1.43 bits per heavy atom. The van der Waals surface area contributed by atoms with Gasteiger partial charge >= 0.3 is 17.8 Å². The molecule has 0 N–H and O–H groups in total. The van der Waals surface area contributed by atoms with E-state index in [1.54, 1.807) is 58.4 Å². The van der Waals surface area contributed by atoms with E-state index in [0.29, 0.717) is 44.2 Å². The lowest BCUT2D eigenvalue weighted by Crippen LogP contribution is -2.55. The second-order valence-corrected chi connectivity index (χ2v) is 25.0. The van der Waals surface area contributed by atoms with Gasteiger partial charge in [0.15, 0.2) is 5.06 Å². The SMILES string of the molecule is COc1sc(-c2ccccc2)c(C)c1C1=C(c2c(C)sc(-c3ccc(C45CC6CC(CC(c7ccc(C#Cc8c9cccc(OC)c9c(C#Cc9ccccc9)c9cccc(OC)c89)cc7)(C6)C4)C5)cc3)c2C)C(F)(F)C(F)(F)C1(F)F. The van der Waals surface area contributed by atoms with Gasteiger partial charge in [-0.3, -0.25) is 0 Å². The van der Waals surface area contributed by atoms with Crippen molar-refractivity contribution in [1.29, 1.82) is 0 Å². The number of benzene rings is 7. The quantitative estimate of drug-likeness (QED) is 0.0819. The monoisotopic (exact) mass is 1130 g/mol. The summed E-state index contributed by atoms with van der Waals surface area (Å²) in [6, 6.07) is 47.8. The van der Waals surface area contributed by atoms with Gasteiger partial charge in [0, 0.05) is 80.7 Å². The molecule has 2 aromatic heterocycles. The molecule has 7 aromatic carbocycles. The molecule has 0 amide bonds. The van der Waals surface area contributed by atoms with E-state index in [1.165, 1.54) is 31.6 Å². The zero-order chi connectivity index (χ0) is 57.1. The second-order valence-electron chi connectivity index (χ2n) is 22.8. The molecule has 0 spiro atoms. The molecule has 3 nitrogen and oxygen atoms in total. The minimum absolute atomic E-state index is 0.0363. The molecule has 82 heavy (non-hydrogen) atoms. The van der Waals surface area contributed by atoms with Crippen molar-refractivity contribution in [2.24, 2.45) is 11.8 Å². The van der Waals surface area contributed by atoms with Gasteiger partial charge in [0.2, 0.25) is 0 Å². The Kier molecular flexibility index (Phi) is 12.9. The lowest BCUT2D eigenvalue weighted by atomic mass is 9.41. The van der Waals surface area contributed by atoms with Crippen molar-refractivity contribution < 1.29 is 40.6 Å². The molecule has 9 aromatic rings. The van der Waals surface area contributed by atoms with Crippen molar-refractivity contribution in [3.8, 4) is 61.1 Å². The largest absolute Gasteiger partial charge is 0.496 e. The van der Waals surface area contributed by atoms with Crippen LogP contribution < -0.4 is 14.2 Å². The lowest BCUT2D eigenvalue weighted by Gasteiger charge is -2.63. The minimum Gasteiger partial charge on any atom is -0.496 e. The van der Waals surface area contributed by atoms with E-state index in [9.17, 15) is 0 Å². The summed E-state index contributed by atoms with van der Waals surface area (Å²) < 4.78 is 115. The first-order valence-electron chi connectivity index (χ1n) is 27.6. The molecule has 11 heteroatoms. The number of thiophene rings is 2. The van der Waals surface area contributed by atoms with E-state index in [1.807, 2.05) is 66.7 Å². The first kappa shape index (κ1) is 53.6. The Balaban J connectivity index is 0.828. The van der Waals surface area contributed by atoms with Crippen molar-refractivity contribution in [2.75, 3.05) is 21.3 Å². The molecular weight excluding hydrogens is 1080 g/mol. The first-order valence-corrected chi connectivity index (χ1v) is 29.2. The first-order chi connectivity index (χ1) is 39.4. The van der Waals surface area contributed by atoms with Crippen LogP contribution in [-0.2, 0) is 10.8 Å². The normalized spacial score (nSPS) is 21.8. The maximum Gasteiger partial charge on any atom is 0.380 e. The average Bonchev–Trinajstić information content (AvgIpc) is 1.89. The molecule has 4 fully saturated rings. The highest BCUT2D eigenvalue weighted by Gasteiger charge is 2.81. The van der Waals surface area contributed by atoms with E-state index < -0.39 is 34.5 Å². The molecule has 14 rings (SSSR count). The Morgan fingerprint density at radius 2 is 0.915 bits per heavy atom. The summed E-state index contributed by atoms with van der Waals surface area (Å²) in [6.07, 6.45) is 6.51. The highest BCUT2D eigenvalue weighted by Crippen LogP contribution is 2.69. The number of fused-ring (bicyclic) bond motifs is 2. The van der Waals surface area contributed by atoms with Gasteiger partial charge < -0.3 is 14.2 Å². The third-order valence-corrected chi connectivity index (χ3v) is 20.7. The summed E-state index contributed by atoms with van der Waals surface area (Å²) in [7, 11) is 4.59. The molecule has 0 radical (unpaired) electrons. The third kappa shape index (κ3) is 8.15. The Morgan fingerprint density at radius 1 is 0.463 bits per heavy atom. The van der Waals surface area contributed by atoms with Crippen LogP contribution in [0.15, 0.2) is 146 Å². The number of hydrogen-bond donors (Lipinski definition) is 0. The summed E-state index contributed by atoms with van der Waals surface area (Å²) in [6.45, 7) is 4.61. The molecule has 412 valence electrons. The van der Waals surface area contributed by atoms with Gasteiger partial charge in [-0.25, -0.2) is 0 Å². The average molecular weight is 1140 g/mol.